The Labute approximate surface area is 167 Å². The van der Waals surface area contributed by atoms with E-state index in [1.807, 2.05) is 18.2 Å². The number of fused-ring (bicyclic) bond motifs is 1. The van der Waals surface area contributed by atoms with E-state index in [2.05, 4.69) is 60.7 Å². The summed E-state index contributed by atoms with van der Waals surface area (Å²) in [7, 11) is 1.68. The van der Waals surface area contributed by atoms with Crippen LogP contribution in [0.25, 0.3) is 10.9 Å². The van der Waals surface area contributed by atoms with Crippen LogP contribution in [0.15, 0.2) is 54.7 Å². The van der Waals surface area contributed by atoms with Crippen molar-refractivity contribution < 1.29 is 9.53 Å². The van der Waals surface area contributed by atoms with Gasteiger partial charge in [0.25, 0.3) is 0 Å². The van der Waals surface area contributed by atoms with E-state index in [4.69, 9.17) is 4.74 Å². The standard InChI is InChI=1S/C24H30N2O2/c1-17(2)15-26-24(27)13-19(10-9-18-7-5-4-6-8-18)22-16-25-23-12-11-20(28-3)14-21(22)23/h4-8,11-12,14,16-17,19,25H,9-10,13,15H2,1-3H3,(H,26,27). The molecule has 1 aromatic heterocycles. The lowest BCUT2D eigenvalue weighted by Gasteiger charge is -2.17. The van der Waals surface area contributed by atoms with E-state index in [-0.39, 0.29) is 11.8 Å². The van der Waals surface area contributed by atoms with Crippen LogP contribution in [-0.2, 0) is 11.2 Å². The van der Waals surface area contributed by atoms with E-state index in [1.54, 1.807) is 7.11 Å². The molecule has 2 aromatic carbocycles. The Morgan fingerprint density at radius 2 is 1.93 bits per heavy atom. The highest BCUT2D eigenvalue weighted by Crippen LogP contribution is 2.33. The molecule has 4 heteroatoms. The molecule has 0 saturated carbocycles. The highest BCUT2D eigenvalue weighted by atomic mass is 16.5. The van der Waals surface area contributed by atoms with Gasteiger partial charge in [-0.2, -0.15) is 0 Å². The van der Waals surface area contributed by atoms with Gasteiger partial charge < -0.3 is 15.0 Å². The molecular formula is C24H30N2O2. The lowest BCUT2D eigenvalue weighted by atomic mass is 9.89. The summed E-state index contributed by atoms with van der Waals surface area (Å²) in [4.78, 5) is 15.9. The van der Waals surface area contributed by atoms with Gasteiger partial charge in [-0.15, -0.1) is 0 Å². The number of aromatic amines is 1. The lowest BCUT2D eigenvalue weighted by Crippen LogP contribution is -2.28. The average molecular weight is 379 g/mol. The molecule has 3 rings (SSSR count). The van der Waals surface area contributed by atoms with Crippen LogP contribution >= 0.6 is 0 Å². The number of amides is 1. The number of carbonyl (C=O) groups is 1. The number of hydrogen-bond donors (Lipinski definition) is 2. The zero-order valence-electron chi connectivity index (χ0n) is 17.0. The summed E-state index contributed by atoms with van der Waals surface area (Å²) in [6.45, 7) is 4.93. The fourth-order valence-electron chi connectivity index (χ4n) is 3.55. The molecule has 28 heavy (non-hydrogen) atoms. The van der Waals surface area contributed by atoms with Gasteiger partial charge >= 0.3 is 0 Å². The van der Waals surface area contributed by atoms with Gasteiger partial charge in [0.2, 0.25) is 5.91 Å². The first kappa shape index (κ1) is 20.0. The first-order valence-electron chi connectivity index (χ1n) is 10.0. The van der Waals surface area contributed by atoms with Crippen LogP contribution in [-0.4, -0.2) is 24.5 Å². The van der Waals surface area contributed by atoms with Gasteiger partial charge in [-0.3, -0.25) is 4.79 Å². The summed E-state index contributed by atoms with van der Waals surface area (Å²) in [6, 6.07) is 16.5. The Morgan fingerprint density at radius 3 is 2.64 bits per heavy atom. The third kappa shape index (κ3) is 5.16. The molecule has 0 saturated heterocycles. The highest BCUT2D eigenvalue weighted by molar-refractivity contribution is 5.86. The zero-order valence-corrected chi connectivity index (χ0v) is 17.0. The predicted molar refractivity (Wildman–Crippen MR) is 115 cm³/mol. The summed E-state index contributed by atoms with van der Waals surface area (Å²) in [5.74, 6) is 1.54. The van der Waals surface area contributed by atoms with E-state index in [1.165, 1.54) is 11.1 Å². The second-order valence-corrected chi connectivity index (χ2v) is 7.78. The number of hydrogen-bond acceptors (Lipinski definition) is 2. The number of aryl methyl sites for hydroxylation is 1. The molecule has 1 amide bonds. The molecule has 2 N–H and O–H groups in total. The van der Waals surface area contributed by atoms with Crippen molar-refractivity contribution in [1.82, 2.24) is 10.3 Å². The number of rotatable bonds is 9. The van der Waals surface area contributed by atoms with Crippen molar-refractivity contribution in [3.8, 4) is 5.75 Å². The Bertz CT molecular complexity index is 899. The minimum atomic E-state index is 0.115. The second-order valence-electron chi connectivity index (χ2n) is 7.78. The summed E-state index contributed by atoms with van der Waals surface area (Å²) in [5.41, 5.74) is 3.56. The Hall–Kier alpha value is -2.75. The number of carbonyl (C=O) groups excluding carboxylic acids is 1. The van der Waals surface area contributed by atoms with Crippen LogP contribution in [0.4, 0.5) is 0 Å². The third-order valence-electron chi connectivity index (χ3n) is 5.12. The second kappa shape index (κ2) is 9.45. The minimum Gasteiger partial charge on any atom is -0.497 e. The molecule has 1 atom stereocenters. The SMILES string of the molecule is COc1ccc2[nH]cc(C(CCc3ccccc3)CC(=O)NCC(C)C)c2c1. The molecule has 0 aliphatic heterocycles. The maximum absolute atomic E-state index is 12.6. The molecule has 0 aliphatic rings. The molecule has 3 aromatic rings. The maximum atomic E-state index is 12.6. The van der Waals surface area contributed by atoms with E-state index >= 15 is 0 Å². The van der Waals surface area contributed by atoms with Gasteiger partial charge in [0.1, 0.15) is 5.75 Å². The number of ether oxygens (including phenoxy) is 1. The van der Waals surface area contributed by atoms with Crippen LogP contribution in [0.5, 0.6) is 5.75 Å². The van der Waals surface area contributed by atoms with Crippen LogP contribution in [0.1, 0.15) is 43.7 Å². The Kier molecular flexibility index (Phi) is 6.75. The molecule has 1 unspecified atom stereocenters. The van der Waals surface area contributed by atoms with Crippen molar-refractivity contribution in [2.75, 3.05) is 13.7 Å². The van der Waals surface area contributed by atoms with Crippen LogP contribution in [0.2, 0.25) is 0 Å². The van der Waals surface area contributed by atoms with Gasteiger partial charge in [0.05, 0.1) is 7.11 Å². The number of H-pyrrole nitrogens is 1. The van der Waals surface area contributed by atoms with Crippen molar-refractivity contribution >= 4 is 16.8 Å². The van der Waals surface area contributed by atoms with Gasteiger partial charge in [0.15, 0.2) is 0 Å². The largest absolute Gasteiger partial charge is 0.497 e. The molecule has 0 fully saturated rings. The third-order valence-corrected chi connectivity index (χ3v) is 5.12. The highest BCUT2D eigenvalue weighted by Gasteiger charge is 2.20. The Morgan fingerprint density at radius 1 is 1.14 bits per heavy atom. The van der Waals surface area contributed by atoms with Gasteiger partial charge in [-0.1, -0.05) is 44.2 Å². The molecular weight excluding hydrogens is 348 g/mol. The smallest absolute Gasteiger partial charge is 0.220 e. The quantitative estimate of drug-likeness (QED) is 0.547. The summed E-state index contributed by atoms with van der Waals surface area (Å²) < 4.78 is 5.41. The number of benzene rings is 2. The molecule has 4 nitrogen and oxygen atoms in total. The van der Waals surface area contributed by atoms with E-state index in [0.29, 0.717) is 18.9 Å². The normalized spacial score (nSPS) is 12.3. The molecule has 0 aliphatic carbocycles. The molecule has 0 radical (unpaired) electrons. The monoisotopic (exact) mass is 378 g/mol. The number of nitrogens with one attached hydrogen (secondary N) is 2. The summed E-state index contributed by atoms with van der Waals surface area (Å²) >= 11 is 0. The number of aromatic nitrogens is 1. The molecule has 1 heterocycles. The Balaban J connectivity index is 1.83. The number of methoxy groups -OCH3 is 1. The first-order chi connectivity index (χ1) is 13.6. The van der Waals surface area contributed by atoms with Gasteiger partial charge in [0, 0.05) is 30.1 Å². The van der Waals surface area contributed by atoms with E-state index < -0.39 is 0 Å². The minimum absolute atomic E-state index is 0.115. The van der Waals surface area contributed by atoms with Crippen LogP contribution in [0.3, 0.4) is 0 Å². The fraction of sp³-hybridized carbons (Fsp3) is 0.375. The predicted octanol–water partition coefficient (Wildman–Crippen LogP) is 5.06. The lowest BCUT2D eigenvalue weighted by molar-refractivity contribution is -0.121. The zero-order chi connectivity index (χ0) is 19.9. The molecule has 148 valence electrons. The van der Waals surface area contributed by atoms with Gasteiger partial charge in [-0.05, 0) is 54.0 Å². The van der Waals surface area contributed by atoms with Crippen molar-refractivity contribution in [1.29, 1.82) is 0 Å². The summed E-state index contributed by atoms with van der Waals surface area (Å²) in [5, 5.41) is 4.20. The van der Waals surface area contributed by atoms with Crippen molar-refractivity contribution in [2.24, 2.45) is 5.92 Å². The topological polar surface area (TPSA) is 54.1 Å². The van der Waals surface area contributed by atoms with E-state index in [9.17, 15) is 4.79 Å². The fourth-order valence-corrected chi connectivity index (χ4v) is 3.55. The summed E-state index contributed by atoms with van der Waals surface area (Å²) in [6.07, 6.45) is 4.40. The first-order valence-corrected chi connectivity index (χ1v) is 10.0. The van der Waals surface area contributed by atoms with Crippen LogP contribution in [0, 0.1) is 5.92 Å². The van der Waals surface area contributed by atoms with E-state index in [0.717, 1.165) is 29.5 Å². The van der Waals surface area contributed by atoms with Crippen molar-refractivity contribution in [3.05, 3.63) is 65.9 Å². The molecule has 0 spiro atoms. The maximum Gasteiger partial charge on any atom is 0.220 e. The van der Waals surface area contributed by atoms with Crippen molar-refractivity contribution in [2.45, 2.75) is 39.0 Å². The molecule has 0 bridgehead atoms. The van der Waals surface area contributed by atoms with Gasteiger partial charge in [-0.25, -0.2) is 0 Å². The average Bonchev–Trinajstić information content (AvgIpc) is 3.13. The van der Waals surface area contributed by atoms with Crippen molar-refractivity contribution in [3.63, 3.8) is 0 Å². The van der Waals surface area contributed by atoms with Crippen LogP contribution < -0.4 is 10.1 Å².